The molecule has 1 aromatic heterocycles. The molecule has 1 aromatic rings. The first-order valence-corrected chi connectivity index (χ1v) is 6.33. The average molecular weight is 239 g/mol. The minimum absolute atomic E-state index is 0.137. The minimum atomic E-state index is -0.643. The summed E-state index contributed by atoms with van der Waals surface area (Å²) >= 11 is 0. The predicted octanol–water partition coefficient (Wildman–Crippen LogP) is 1.60. The fourth-order valence-electron chi connectivity index (χ4n) is 2.51. The molecule has 0 saturated heterocycles. The first kappa shape index (κ1) is 12.6. The van der Waals surface area contributed by atoms with Crippen molar-refractivity contribution in [2.45, 2.75) is 43.7 Å². The predicted molar refractivity (Wildman–Crippen MR) is 64.6 cm³/mol. The number of rotatable bonds is 5. The van der Waals surface area contributed by atoms with Crippen LogP contribution in [0.4, 0.5) is 0 Å². The Kier molecular flexibility index (Phi) is 4.20. The topological polar surface area (TPSA) is 65.6 Å². The van der Waals surface area contributed by atoms with Crippen molar-refractivity contribution in [1.82, 2.24) is 5.32 Å². The van der Waals surface area contributed by atoms with Gasteiger partial charge in [-0.25, -0.2) is 0 Å². The van der Waals surface area contributed by atoms with Crippen molar-refractivity contribution in [3.8, 4) is 0 Å². The Morgan fingerprint density at radius 3 is 2.71 bits per heavy atom. The smallest absolute Gasteiger partial charge is 0.133 e. The number of furan rings is 1. The van der Waals surface area contributed by atoms with Gasteiger partial charge in [0.1, 0.15) is 11.9 Å². The summed E-state index contributed by atoms with van der Waals surface area (Å²) in [6.45, 7) is 0.561. The highest BCUT2D eigenvalue weighted by molar-refractivity contribution is 5.03. The van der Waals surface area contributed by atoms with Crippen molar-refractivity contribution >= 4 is 0 Å². The molecule has 1 aliphatic carbocycles. The van der Waals surface area contributed by atoms with Crippen LogP contribution in [0.15, 0.2) is 22.8 Å². The Balaban J connectivity index is 1.87. The normalized spacial score (nSPS) is 21.3. The first-order valence-electron chi connectivity index (χ1n) is 6.33. The number of aliphatic hydroxyl groups excluding tert-OH is 2. The van der Waals surface area contributed by atoms with Gasteiger partial charge in [-0.2, -0.15) is 0 Å². The summed E-state index contributed by atoms with van der Waals surface area (Å²) in [4.78, 5) is 0. The van der Waals surface area contributed by atoms with Crippen LogP contribution in [0.5, 0.6) is 0 Å². The van der Waals surface area contributed by atoms with Crippen molar-refractivity contribution < 1.29 is 14.6 Å². The van der Waals surface area contributed by atoms with Crippen molar-refractivity contribution in [1.29, 1.82) is 0 Å². The van der Waals surface area contributed by atoms with Crippen LogP contribution in [-0.4, -0.2) is 28.9 Å². The highest BCUT2D eigenvalue weighted by Gasteiger charge is 2.31. The third-order valence-electron chi connectivity index (χ3n) is 3.66. The van der Waals surface area contributed by atoms with E-state index in [1.54, 1.807) is 18.4 Å². The molecule has 0 aromatic carbocycles. The lowest BCUT2D eigenvalue weighted by atomic mass is 9.82. The molecule has 0 amide bonds. The average Bonchev–Trinajstić information content (AvgIpc) is 2.91. The first-order chi connectivity index (χ1) is 8.26. The lowest BCUT2D eigenvalue weighted by Gasteiger charge is -2.37. The molecule has 1 saturated carbocycles. The third kappa shape index (κ3) is 3.09. The second kappa shape index (κ2) is 5.67. The molecule has 1 heterocycles. The Morgan fingerprint density at radius 1 is 1.35 bits per heavy atom. The maximum Gasteiger partial charge on any atom is 0.133 e. The van der Waals surface area contributed by atoms with E-state index in [1.807, 2.05) is 0 Å². The zero-order valence-corrected chi connectivity index (χ0v) is 10.1. The van der Waals surface area contributed by atoms with Crippen LogP contribution < -0.4 is 5.32 Å². The second-order valence-corrected chi connectivity index (χ2v) is 4.91. The van der Waals surface area contributed by atoms with Gasteiger partial charge in [-0.15, -0.1) is 0 Å². The minimum Gasteiger partial charge on any atom is -0.467 e. The summed E-state index contributed by atoms with van der Waals surface area (Å²) in [7, 11) is 0. The second-order valence-electron chi connectivity index (χ2n) is 4.91. The highest BCUT2D eigenvalue weighted by Crippen LogP contribution is 2.28. The van der Waals surface area contributed by atoms with Crippen molar-refractivity contribution in [2.24, 2.45) is 0 Å². The van der Waals surface area contributed by atoms with E-state index < -0.39 is 6.10 Å². The summed E-state index contributed by atoms with van der Waals surface area (Å²) in [5, 5.41) is 22.7. The van der Waals surface area contributed by atoms with Gasteiger partial charge in [-0.3, -0.25) is 0 Å². The van der Waals surface area contributed by atoms with Gasteiger partial charge in [-0.1, -0.05) is 19.3 Å². The van der Waals surface area contributed by atoms with Crippen molar-refractivity contribution in [2.75, 3.05) is 13.2 Å². The van der Waals surface area contributed by atoms with E-state index in [0.29, 0.717) is 12.3 Å². The van der Waals surface area contributed by atoms with Crippen molar-refractivity contribution in [3.05, 3.63) is 24.2 Å². The zero-order chi connectivity index (χ0) is 12.1. The van der Waals surface area contributed by atoms with E-state index in [-0.39, 0.29) is 12.1 Å². The Labute approximate surface area is 102 Å². The molecule has 96 valence electrons. The van der Waals surface area contributed by atoms with Gasteiger partial charge in [0, 0.05) is 12.1 Å². The summed E-state index contributed by atoms with van der Waals surface area (Å²) in [6, 6.07) is 3.53. The SMILES string of the molecule is OCC1(NCC(O)c2ccco2)CCCCC1. The van der Waals surface area contributed by atoms with Gasteiger partial charge in [0.05, 0.1) is 12.9 Å². The quantitative estimate of drug-likeness (QED) is 0.730. The molecular formula is C13H21NO3. The Bertz CT molecular complexity index is 317. The van der Waals surface area contributed by atoms with Gasteiger partial charge < -0.3 is 19.9 Å². The summed E-state index contributed by atoms with van der Waals surface area (Å²) < 4.78 is 5.15. The van der Waals surface area contributed by atoms with Gasteiger partial charge >= 0.3 is 0 Å². The molecular weight excluding hydrogens is 218 g/mol. The molecule has 1 fully saturated rings. The molecule has 17 heavy (non-hydrogen) atoms. The third-order valence-corrected chi connectivity index (χ3v) is 3.66. The fourth-order valence-corrected chi connectivity index (χ4v) is 2.51. The van der Waals surface area contributed by atoms with Crippen LogP contribution in [-0.2, 0) is 0 Å². The maximum absolute atomic E-state index is 9.91. The molecule has 0 radical (unpaired) electrons. The van der Waals surface area contributed by atoms with Gasteiger partial charge in [0.15, 0.2) is 0 Å². The molecule has 1 unspecified atom stereocenters. The molecule has 1 atom stereocenters. The summed E-state index contributed by atoms with van der Waals surface area (Å²) in [6.07, 6.45) is 6.40. The summed E-state index contributed by atoms with van der Waals surface area (Å²) in [5.74, 6) is 0.571. The zero-order valence-electron chi connectivity index (χ0n) is 10.1. The molecule has 2 rings (SSSR count). The number of hydrogen-bond donors (Lipinski definition) is 3. The van der Waals surface area contributed by atoms with Crippen LogP contribution in [0.3, 0.4) is 0 Å². The molecule has 4 nitrogen and oxygen atoms in total. The van der Waals surface area contributed by atoms with Gasteiger partial charge in [0.25, 0.3) is 0 Å². The summed E-state index contributed by atoms with van der Waals surface area (Å²) in [5.41, 5.74) is -0.203. The van der Waals surface area contributed by atoms with Gasteiger partial charge in [0.2, 0.25) is 0 Å². The molecule has 0 spiro atoms. The number of aliphatic hydroxyl groups is 2. The van der Waals surface area contributed by atoms with E-state index in [0.717, 1.165) is 25.7 Å². The van der Waals surface area contributed by atoms with E-state index in [2.05, 4.69) is 5.32 Å². The molecule has 0 aliphatic heterocycles. The number of nitrogens with one attached hydrogen (secondary N) is 1. The fraction of sp³-hybridized carbons (Fsp3) is 0.692. The van der Waals surface area contributed by atoms with E-state index in [1.165, 1.54) is 6.42 Å². The van der Waals surface area contributed by atoms with Gasteiger partial charge in [-0.05, 0) is 25.0 Å². The van der Waals surface area contributed by atoms with E-state index in [4.69, 9.17) is 4.42 Å². The standard InChI is InChI=1S/C13H21NO3/c15-10-13(6-2-1-3-7-13)14-9-11(16)12-5-4-8-17-12/h4-5,8,11,14-16H,1-3,6-7,9-10H2. The lowest BCUT2D eigenvalue weighted by Crippen LogP contribution is -2.51. The molecule has 4 heteroatoms. The lowest BCUT2D eigenvalue weighted by molar-refractivity contribution is 0.0865. The molecule has 1 aliphatic rings. The largest absolute Gasteiger partial charge is 0.467 e. The Hall–Kier alpha value is -0.840. The molecule has 0 bridgehead atoms. The van der Waals surface area contributed by atoms with Crippen LogP contribution in [0.25, 0.3) is 0 Å². The van der Waals surface area contributed by atoms with E-state index in [9.17, 15) is 10.2 Å². The van der Waals surface area contributed by atoms with Crippen LogP contribution in [0, 0.1) is 0 Å². The van der Waals surface area contributed by atoms with Crippen LogP contribution >= 0.6 is 0 Å². The maximum atomic E-state index is 9.91. The monoisotopic (exact) mass is 239 g/mol. The molecule has 3 N–H and O–H groups in total. The van der Waals surface area contributed by atoms with Crippen LogP contribution in [0.1, 0.15) is 44.0 Å². The van der Waals surface area contributed by atoms with Crippen LogP contribution in [0.2, 0.25) is 0 Å². The number of hydrogen-bond acceptors (Lipinski definition) is 4. The Morgan fingerprint density at radius 2 is 2.12 bits per heavy atom. The highest BCUT2D eigenvalue weighted by atomic mass is 16.4. The van der Waals surface area contributed by atoms with Crippen molar-refractivity contribution in [3.63, 3.8) is 0 Å². The van der Waals surface area contributed by atoms with E-state index >= 15 is 0 Å². The number of β-amino-alcohol motifs (C(OH)–C–C–N with tert-alkyl or cyclic N) is 1.